The number of aryl methyl sites for hydroxylation is 1. The SMILES string of the molecule is Oc1ccc(Cl)c(-c2cccc3c2CCC3)c1. The molecule has 0 bridgehead atoms. The topological polar surface area (TPSA) is 20.2 Å². The van der Waals surface area contributed by atoms with Gasteiger partial charge in [-0.25, -0.2) is 0 Å². The third kappa shape index (κ3) is 1.81. The summed E-state index contributed by atoms with van der Waals surface area (Å²) in [6, 6.07) is 11.5. The van der Waals surface area contributed by atoms with Gasteiger partial charge in [0.2, 0.25) is 0 Å². The van der Waals surface area contributed by atoms with Gasteiger partial charge in [-0.15, -0.1) is 0 Å². The molecular weight excluding hydrogens is 232 g/mol. The van der Waals surface area contributed by atoms with Crippen molar-refractivity contribution < 1.29 is 5.11 Å². The fourth-order valence-electron chi connectivity index (χ4n) is 2.59. The van der Waals surface area contributed by atoms with Crippen LogP contribution in [0.15, 0.2) is 36.4 Å². The molecule has 2 heteroatoms. The van der Waals surface area contributed by atoms with Gasteiger partial charge in [0.25, 0.3) is 0 Å². The van der Waals surface area contributed by atoms with Gasteiger partial charge < -0.3 is 5.11 Å². The molecule has 0 saturated heterocycles. The van der Waals surface area contributed by atoms with Gasteiger partial charge in [-0.1, -0.05) is 29.8 Å². The summed E-state index contributed by atoms with van der Waals surface area (Å²) in [6.45, 7) is 0. The maximum absolute atomic E-state index is 9.59. The minimum Gasteiger partial charge on any atom is -0.508 e. The molecule has 3 rings (SSSR count). The molecule has 0 amide bonds. The van der Waals surface area contributed by atoms with Gasteiger partial charge in [0.1, 0.15) is 5.75 Å². The molecule has 2 aromatic carbocycles. The molecular formula is C15H13ClO. The van der Waals surface area contributed by atoms with Gasteiger partial charge in [-0.3, -0.25) is 0 Å². The molecule has 0 radical (unpaired) electrons. The van der Waals surface area contributed by atoms with Crippen LogP contribution in [0.2, 0.25) is 5.02 Å². The van der Waals surface area contributed by atoms with Crippen LogP contribution in [0.1, 0.15) is 17.5 Å². The average Bonchev–Trinajstić information content (AvgIpc) is 2.80. The van der Waals surface area contributed by atoms with E-state index in [0.29, 0.717) is 5.02 Å². The summed E-state index contributed by atoms with van der Waals surface area (Å²) in [5.41, 5.74) is 4.91. The molecule has 0 saturated carbocycles. The van der Waals surface area contributed by atoms with Crippen LogP contribution >= 0.6 is 11.6 Å². The number of fused-ring (bicyclic) bond motifs is 1. The molecule has 0 atom stereocenters. The summed E-state index contributed by atoms with van der Waals surface area (Å²) < 4.78 is 0. The first-order valence-corrected chi connectivity index (χ1v) is 6.23. The third-order valence-corrected chi connectivity index (χ3v) is 3.72. The van der Waals surface area contributed by atoms with Crippen molar-refractivity contribution in [3.05, 3.63) is 52.5 Å². The second-order valence-electron chi connectivity index (χ2n) is 4.46. The predicted octanol–water partition coefficient (Wildman–Crippen LogP) is 4.20. The molecule has 2 aromatic rings. The highest BCUT2D eigenvalue weighted by Gasteiger charge is 2.16. The molecule has 86 valence electrons. The zero-order valence-electron chi connectivity index (χ0n) is 9.41. The Morgan fingerprint density at radius 1 is 1.00 bits per heavy atom. The highest BCUT2D eigenvalue weighted by Crippen LogP contribution is 2.37. The van der Waals surface area contributed by atoms with Crippen molar-refractivity contribution in [3.63, 3.8) is 0 Å². The van der Waals surface area contributed by atoms with Crippen molar-refractivity contribution in [1.29, 1.82) is 0 Å². The Balaban J connectivity index is 2.22. The third-order valence-electron chi connectivity index (χ3n) is 3.39. The van der Waals surface area contributed by atoms with Gasteiger partial charge in [0.05, 0.1) is 0 Å². The lowest BCUT2D eigenvalue weighted by molar-refractivity contribution is 0.475. The van der Waals surface area contributed by atoms with E-state index in [0.717, 1.165) is 18.4 Å². The van der Waals surface area contributed by atoms with Crippen LogP contribution in [0, 0.1) is 0 Å². The number of hydrogen-bond acceptors (Lipinski definition) is 1. The Hall–Kier alpha value is -1.47. The molecule has 1 N–H and O–H groups in total. The Kier molecular flexibility index (Phi) is 2.56. The number of benzene rings is 2. The molecule has 17 heavy (non-hydrogen) atoms. The molecule has 0 aliphatic heterocycles. The number of phenols is 1. The van der Waals surface area contributed by atoms with Crippen LogP contribution in [0.4, 0.5) is 0 Å². The number of halogens is 1. The van der Waals surface area contributed by atoms with E-state index in [4.69, 9.17) is 11.6 Å². The van der Waals surface area contributed by atoms with Crippen molar-refractivity contribution >= 4 is 11.6 Å². The van der Waals surface area contributed by atoms with Crippen molar-refractivity contribution in [1.82, 2.24) is 0 Å². The van der Waals surface area contributed by atoms with Crippen molar-refractivity contribution in [2.75, 3.05) is 0 Å². The average molecular weight is 245 g/mol. The molecule has 1 aliphatic rings. The molecule has 0 heterocycles. The van der Waals surface area contributed by atoms with Crippen LogP contribution < -0.4 is 0 Å². The van der Waals surface area contributed by atoms with E-state index in [1.54, 1.807) is 18.2 Å². The van der Waals surface area contributed by atoms with E-state index in [2.05, 4.69) is 18.2 Å². The summed E-state index contributed by atoms with van der Waals surface area (Å²) in [6.07, 6.45) is 3.47. The maximum atomic E-state index is 9.59. The van der Waals surface area contributed by atoms with Crippen molar-refractivity contribution in [3.8, 4) is 16.9 Å². The summed E-state index contributed by atoms with van der Waals surface area (Å²) in [5, 5.41) is 10.3. The summed E-state index contributed by atoms with van der Waals surface area (Å²) in [5.74, 6) is 0.264. The Labute approximate surface area is 106 Å². The Bertz CT molecular complexity index is 575. The molecule has 1 nitrogen and oxygen atoms in total. The van der Waals surface area contributed by atoms with Crippen LogP contribution in [0.5, 0.6) is 5.75 Å². The monoisotopic (exact) mass is 244 g/mol. The predicted molar refractivity (Wildman–Crippen MR) is 70.6 cm³/mol. The minimum absolute atomic E-state index is 0.264. The van der Waals surface area contributed by atoms with E-state index < -0.39 is 0 Å². The summed E-state index contributed by atoms with van der Waals surface area (Å²) in [4.78, 5) is 0. The molecule has 0 spiro atoms. The van der Waals surface area contributed by atoms with Crippen LogP contribution in [-0.2, 0) is 12.8 Å². The second kappa shape index (κ2) is 4.08. The zero-order chi connectivity index (χ0) is 11.8. The fraction of sp³-hybridized carbons (Fsp3) is 0.200. The molecule has 0 unspecified atom stereocenters. The van der Waals surface area contributed by atoms with Crippen LogP contribution in [0.3, 0.4) is 0 Å². The Morgan fingerprint density at radius 2 is 1.88 bits per heavy atom. The quantitative estimate of drug-likeness (QED) is 0.797. The normalized spacial score (nSPS) is 13.7. The van der Waals surface area contributed by atoms with Gasteiger partial charge in [-0.2, -0.15) is 0 Å². The standard InChI is InChI=1S/C15H13ClO/c16-15-8-7-11(17)9-14(15)13-6-2-4-10-3-1-5-12(10)13/h2,4,6-9,17H,1,3,5H2. The van der Waals surface area contributed by atoms with E-state index in [9.17, 15) is 5.11 Å². The van der Waals surface area contributed by atoms with Crippen LogP contribution in [-0.4, -0.2) is 5.11 Å². The maximum Gasteiger partial charge on any atom is 0.116 e. The second-order valence-corrected chi connectivity index (χ2v) is 4.87. The van der Waals surface area contributed by atoms with Gasteiger partial charge >= 0.3 is 0 Å². The lowest BCUT2D eigenvalue weighted by atomic mass is 9.97. The zero-order valence-corrected chi connectivity index (χ0v) is 10.2. The van der Waals surface area contributed by atoms with Crippen molar-refractivity contribution in [2.24, 2.45) is 0 Å². The van der Waals surface area contributed by atoms with Crippen molar-refractivity contribution in [2.45, 2.75) is 19.3 Å². The highest BCUT2D eigenvalue weighted by molar-refractivity contribution is 6.33. The first-order valence-electron chi connectivity index (χ1n) is 5.85. The van der Waals surface area contributed by atoms with E-state index in [-0.39, 0.29) is 5.75 Å². The molecule has 1 aliphatic carbocycles. The minimum atomic E-state index is 0.264. The summed E-state index contributed by atoms with van der Waals surface area (Å²) in [7, 11) is 0. The number of hydrogen-bond donors (Lipinski definition) is 1. The largest absolute Gasteiger partial charge is 0.508 e. The van der Waals surface area contributed by atoms with Crippen LogP contribution in [0.25, 0.3) is 11.1 Å². The van der Waals surface area contributed by atoms with E-state index in [1.165, 1.54) is 23.1 Å². The van der Waals surface area contributed by atoms with E-state index >= 15 is 0 Å². The first kappa shape index (κ1) is 10.7. The smallest absolute Gasteiger partial charge is 0.116 e. The summed E-state index contributed by atoms with van der Waals surface area (Å²) >= 11 is 6.22. The molecule has 0 aromatic heterocycles. The number of aromatic hydroxyl groups is 1. The lowest BCUT2D eigenvalue weighted by Gasteiger charge is -2.10. The highest BCUT2D eigenvalue weighted by atomic mass is 35.5. The fourth-order valence-corrected chi connectivity index (χ4v) is 2.81. The first-order chi connectivity index (χ1) is 8.25. The Morgan fingerprint density at radius 3 is 2.76 bits per heavy atom. The lowest BCUT2D eigenvalue weighted by Crippen LogP contribution is -1.89. The van der Waals surface area contributed by atoms with E-state index in [1.807, 2.05) is 0 Å². The number of phenolic OH excluding ortho intramolecular Hbond substituents is 1. The molecule has 0 fully saturated rings. The van der Waals surface area contributed by atoms with Gasteiger partial charge in [-0.05, 0) is 54.2 Å². The van der Waals surface area contributed by atoms with Gasteiger partial charge in [0.15, 0.2) is 0 Å². The number of rotatable bonds is 1. The van der Waals surface area contributed by atoms with Gasteiger partial charge in [0, 0.05) is 10.6 Å².